The first-order valence-electron chi connectivity index (χ1n) is 10.6. The summed E-state index contributed by atoms with van der Waals surface area (Å²) in [6, 6.07) is 12.0. The number of piperazine rings is 1. The van der Waals surface area contributed by atoms with E-state index >= 15 is 0 Å². The van der Waals surface area contributed by atoms with E-state index in [1.54, 1.807) is 43.4 Å². The van der Waals surface area contributed by atoms with E-state index in [0.717, 1.165) is 5.56 Å². The number of amides is 1. The van der Waals surface area contributed by atoms with Crippen molar-refractivity contribution in [2.45, 2.75) is 24.7 Å². The summed E-state index contributed by atoms with van der Waals surface area (Å²) in [5.41, 5.74) is 0.900. The quantitative estimate of drug-likeness (QED) is 0.569. The molecule has 8 nitrogen and oxygen atoms in total. The summed E-state index contributed by atoms with van der Waals surface area (Å²) < 4.78 is 43.4. The summed E-state index contributed by atoms with van der Waals surface area (Å²) in [4.78, 5) is 14.7. The molecule has 9 heteroatoms. The number of rotatable bonds is 9. The summed E-state index contributed by atoms with van der Waals surface area (Å²) in [5, 5.41) is 0. The number of aryl methyl sites for hydroxylation is 1. The van der Waals surface area contributed by atoms with Gasteiger partial charge in [-0.3, -0.25) is 4.79 Å². The van der Waals surface area contributed by atoms with Crippen LogP contribution in [0.2, 0.25) is 0 Å². The molecule has 0 atom stereocenters. The van der Waals surface area contributed by atoms with Crippen molar-refractivity contribution in [1.82, 2.24) is 9.21 Å². The Kier molecular flexibility index (Phi) is 7.98. The Bertz CT molecular complexity index is 1020. The molecule has 1 aliphatic heterocycles. The highest BCUT2D eigenvalue weighted by Gasteiger charge is 2.30. The molecule has 1 aliphatic rings. The fraction of sp³-hybridized carbons (Fsp3) is 0.435. The summed E-state index contributed by atoms with van der Waals surface area (Å²) in [6.07, 6.45) is 0.832. The zero-order valence-electron chi connectivity index (χ0n) is 18.7. The van der Waals surface area contributed by atoms with E-state index in [4.69, 9.17) is 14.2 Å². The van der Waals surface area contributed by atoms with Gasteiger partial charge >= 0.3 is 0 Å². The first kappa shape index (κ1) is 23.9. The first-order chi connectivity index (χ1) is 15.4. The molecular weight excluding hydrogens is 432 g/mol. The molecule has 0 aromatic heterocycles. The predicted molar refractivity (Wildman–Crippen MR) is 121 cm³/mol. The van der Waals surface area contributed by atoms with Gasteiger partial charge in [0.15, 0.2) is 11.5 Å². The third kappa shape index (κ3) is 5.34. The summed E-state index contributed by atoms with van der Waals surface area (Å²) in [7, 11) is -0.452. The van der Waals surface area contributed by atoms with Crippen LogP contribution in [-0.2, 0) is 21.2 Å². The summed E-state index contributed by atoms with van der Waals surface area (Å²) in [6.45, 7) is 3.66. The van der Waals surface area contributed by atoms with E-state index in [0.29, 0.717) is 49.8 Å². The largest absolute Gasteiger partial charge is 0.494 e. The van der Waals surface area contributed by atoms with E-state index < -0.39 is 10.0 Å². The smallest absolute Gasteiger partial charge is 0.243 e. The van der Waals surface area contributed by atoms with Gasteiger partial charge < -0.3 is 19.1 Å². The van der Waals surface area contributed by atoms with Gasteiger partial charge in [-0.1, -0.05) is 12.1 Å². The van der Waals surface area contributed by atoms with Crippen molar-refractivity contribution < 1.29 is 27.4 Å². The van der Waals surface area contributed by atoms with Gasteiger partial charge in [0.2, 0.25) is 15.9 Å². The zero-order chi connectivity index (χ0) is 23.1. The van der Waals surface area contributed by atoms with E-state index in [2.05, 4.69) is 0 Å². The number of ether oxygens (including phenoxy) is 3. The van der Waals surface area contributed by atoms with Crippen LogP contribution in [0, 0.1) is 0 Å². The van der Waals surface area contributed by atoms with Gasteiger partial charge in [0, 0.05) is 32.6 Å². The van der Waals surface area contributed by atoms with Crippen LogP contribution in [0.3, 0.4) is 0 Å². The van der Waals surface area contributed by atoms with Gasteiger partial charge in [0.1, 0.15) is 5.75 Å². The number of carbonyl (C=O) groups excluding carboxylic acids is 1. The minimum Gasteiger partial charge on any atom is -0.494 e. The second-order valence-electron chi connectivity index (χ2n) is 7.34. The normalized spacial score (nSPS) is 14.8. The van der Waals surface area contributed by atoms with Crippen LogP contribution >= 0.6 is 0 Å². The van der Waals surface area contributed by atoms with Crippen molar-refractivity contribution in [3.63, 3.8) is 0 Å². The molecule has 0 spiro atoms. The van der Waals surface area contributed by atoms with Crippen molar-refractivity contribution in [3.05, 3.63) is 48.0 Å². The minimum absolute atomic E-state index is 0.00649. The summed E-state index contributed by atoms with van der Waals surface area (Å²) >= 11 is 0. The number of para-hydroxylation sites is 1. The highest BCUT2D eigenvalue weighted by molar-refractivity contribution is 7.89. The van der Waals surface area contributed by atoms with Gasteiger partial charge in [-0.05, 0) is 49.2 Å². The number of benzene rings is 2. The lowest BCUT2D eigenvalue weighted by Crippen LogP contribution is -2.50. The molecule has 1 heterocycles. The molecule has 1 saturated heterocycles. The molecule has 2 aromatic carbocycles. The third-order valence-electron chi connectivity index (χ3n) is 5.46. The molecule has 0 radical (unpaired) electrons. The Hall–Kier alpha value is -2.78. The number of carbonyl (C=O) groups is 1. The average molecular weight is 463 g/mol. The van der Waals surface area contributed by atoms with Gasteiger partial charge in [0.05, 0.1) is 25.7 Å². The van der Waals surface area contributed by atoms with E-state index in [1.807, 2.05) is 25.1 Å². The molecule has 0 bridgehead atoms. The van der Waals surface area contributed by atoms with Crippen LogP contribution < -0.4 is 14.2 Å². The minimum atomic E-state index is -3.61. The maximum atomic E-state index is 12.9. The average Bonchev–Trinajstić information content (AvgIpc) is 2.82. The molecule has 32 heavy (non-hydrogen) atoms. The lowest BCUT2D eigenvalue weighted by molar-refractivity contribution is -0.132. The van der Waals surface area contributed by atoms with Crippen LogP contribution in [0.15, 0.2) is 47.4 Å². The molecule has 1 amide bonds. The molecule has 0 unspecified atom stereocenters. The van der Waals surface area contributed by atoms with E-state index in [1.165, 1.54) is 4.31 Å². The number of sulfonamides is 1. The van der Waals surface area contributed by atoms with Gasteiger partial charge in [-0.15, -0.1) is 0 Å². The molecule has 1 fully saturated rings. The zero-order valence-corrected chi connectivity index (χ0v) is 19.6. The van der Waals surface area contributed by atoms with Crippen molar-refractivity contribution in [2.24, 2.45) is 0 Å². The Morgan fingerprint density at radius 2 is 1.66 bits per heavy atom. The van der Waals surface area contributed by atoms with Gasteiger partial charge in [-0.2, -0.15) is 4.31 Å². The number of nitrogens with zero attached hydrogens (tertiary/aromatic N) is 2. The van der Waals surface area contributed by atoms with Crippen molar-refractivity contribution in [1.29, 1.82) is 0 Å². The van der Waals surface area contributed by atoms with Crippen LogP contribution in [0.25, 0.3) is 0 Å². The Morgan fingerprint density at radius 3 is 2.25 bits per heavy atom. The van der Waals surface area contributed by atoms with Crippen LogP contribution in [0.5, 0.6) is 17.2 Å². The Labute approximate surface area is 189 Å². The van der Waals surface area contributed by atoms with Crippen LogP contribution in [-0.4, -0.2) is 70.5 Å². The second-order valence-corrected chi connectivity index (χ2v) is 9.28. The SMILES string of the molecule is CCOc1ccc(S(=O)(=O)N2CCN(C(=O)CCc3cccc(OC)c3OC)CC2)cc1. The maximum Gasteiger partial charge on any atom is 0.243 e. The molecule has 0 N–H and O–H groups in total. The fourth-order valence-corrected chi connectivity index (χ4v) is 5.17. The number of methoxy groups -OCH3 is 2. The van der Waals surface area contributed by atoms with Crippen LogP contribution in [0.4, 0.5) is 0 Å². The lowest BCUT2D eigenvalue weighted by Gasteiger charge is -2.34. The standard InChI is InChI=1S/C23H30N2O6S/c1-4-31-19-9-11-20(12-10-19)32(27,28)25-16-14-24(15-17-25)22(26)13-8-18-6-5-7-21(29-2)23(18)30-3/h5-7,9-12H,4,8,13-17H2,1-3H3. The molecule has 174 valence electrons. The highest BCUT2D eigenvalue weighted by Crippen LogP contribution is 2.31. The number of hydrogen-bond acceptors (Lipinski definition) is 6. The topological polar surface area (TPSA) is 85.4 Å². The monoisotopic (exact) mass is 462 g/mol. The third-order valence-corrected chi connectivity index (χ3v) is 7.37. The van der Waals surface area contributed by atoms with Crippen LogP contribution in [0.1, 0.15) is 18.9 Å². The molecule has 2 aromatic rings. The van der Waals surface area contributed by atoms with Crippen molar-refractivity contribution in [2.75, 3.05) is 47.0 Å². The Balaban J connectivity index is 1.56. The molecular formula is C23H30N2O6S. The molecule has 3 rings (SSSR count). The maximum absolute atomic E-state index is 12.9. The van der Waals surface area contributed by atoms with E-state index in [9.17, 15) is 13.2 Å². The lowest BCUT2D eigenvalue weighted by atomic mass is 10.1. The van der Waals surface area contributed by atoms with Gasteiger partial charge in [0.25, 0.3) is 0 Å². The number of hydrogen-bond donors (Lipinski definition) is 0. The fourth-order valence-electron chi connectivity index (χ4n) is 3.75. The second kappa shape index (κ2) is 10.7. The first-order valence-corrected chi connectivity index (χ1v) is 12.0. The molecule has 0 saturated carbocycles. The Morgan fingerprint density at radius 1 is 0.969 bits per heavy atom. The molecule has 0 aliphatic carbocycles. The highest BCUT2D eigenvalue weighted by atomic mass is 32.2. The van der Waals surface area contributed by atoms with E-state index in [-0.39, 0.29) is 23.9 Å². The van der Waals surface area contributed by atoms with Crippen molar-refractivity contribution >= 4 is 15.9 Å². The summed E-state index contributed by atoms with van der Waals surface area (Å²) in [5.74, 6) is 1.89. The predicted octanol–water partition coefficient (Wildman–Crippen LogP) is 2.57. The van der Waals surface area contributed by atoms with Gasteiger partial charge in [-0.25, -0.2) is 8.42 Å². The van der Waals surface area contributed by atoms with Crippen molar-refractivity contribution in [3.8, 4) is 17.2 Å².